The van der Waals surface area contributed by atoms with Gasteiger partial charge < -0.3 is 5.32 Å². The maximum Gasteiger partial charge on any atom is 0.256 e. The van der Waals surface area contributed by atoms with Gasteiger partial charge in [0.1, 0.15) is 5.82 Å². The van der Waals surface area contributed by atoms with Crippen LogP contribution in [0.15, 0.2) is 28.8 Å². The van der Waals surface area contributed by atoms with E-state index in [2.05, 4.69) is 40.5 Å². The predicted octanol–water partition coefficient (Wildman–Crippen LogP) is 1.07. The molecule has 0 aliphatic rings. The summed E-state index contributed by atoms with van der Waals surface area (Å²) in [4.78, 5) is 17.2. The largest absolute Gasteiger partial charge is 0.354 e. The topological polar surface area (TPSA) is 110 Å². The highest BCUT2D eigenvalue weighted by Crippen LogP contribution is 2.22. The molecule has 0 saturated carbocycles. The van der Waals surface area contributed by atoms with Gasteiger partial charge in [-0.1, -0.05) is 0 Å². The van der Waals surface area contributed by atoms with Gasteiger partial charge in [-0.2, -0.15) is 20.1 Å². The SMILES string of the molecule is CCNc1nc(Sc2n[nH]c(C)n2)nc(-n2cccn2)n1. The Morgan fingerprint density at radius 3 is 2.81 bits per heavy atom. The molecule has 0 fully saturated rings. The molecular formula is C11H13N9S. The lowest BCUT2D eigenvalue weighted by Crippen LogP contribution is -2.09. The molecule has 108 valence electrons. The Hall–Kier alpha value is -2.49. The third-order valence-electron chi connectivity index (χ3n) is 2.41. The van der Waals surface area contributed by atoms with Crippen LogP contribution in [0.1, 0.15) is 12.7 Å². The van der Waals surface area contributed by atoms with E-state index < -0.39 is 0 Å². The van der Waals surface area contributed by atoms with Crippen LogP contribution < -0.4 is 5.32 Å². The zero-order chi connectivity index (χ0) is 14.7. The molecule has 3 aromatic heterocycles. The molecule has 10 heteroatoms. The maximum atomic E-state index is 4.37. The molecule has 0 aromatic carbocycles. The molecule has 0 aliphatic heterocycles. The van der Waals surface area contributed by atoms with Gasteiger partial charge in [0.15, 0.2) is 0 Å². The number of nitrogens with one attached hydrogen (secondary N) is 2. The van der Waals surface area contributed by atoms with Crippen LogP contribution in [-0.2, 0) is 0 Å². The summed E-state index contributed by atoms with van der Waals surface area (Å²) in [6.07, 6.45) is 3.44. The average Bonchev–Trinajstić information content (AvgIpc) is 3.11. The Labute approximate surface area is 124 Å². The van der Waals surface area contributed by atoms with Crippen LogP contribution in [0.25, 0.3) is 5.95 Å². The minimum absolute atomic E-state index is 0.445. The van der Waals surface area contributed by atoms with Crippen LogP contribution >= 0.6 is 11.8 Å². The van der Waals surface area contributed by atoms with Gasteiger partial charge in [0.25, 0.3) is 5.95 Å². The number of aryl methyl sites for hydroxylation is 1. The molecule has 9 nitrogen and oxygen atoms in total. The summed E-state index contributed by atoms with van der Waals surface area (Å²) in [5.41, 5.74) is 0. The van der Waals surface area contributed by atoms with E-state index in [1.54, 1.807) is 17.1 Å². The Morgan fingerprint density at radius 1 is 1.24 bits per heavy atom. The molecule has 3 aromatic rings. The summed E-state index contributed by atoms with van der Waals surface area (Å²) < 4.78 is 1.58. The molecule has 0 atom stereocenters. The first-order valence-electron chi connectivity index (χ1n) is 6.31. The number of anilines is 1. The predicted molar refractivity (Wildman–Crippen MR) is 76.4 cm³/mol. The number of aromatic amines is 1. The molecule has 21 heavy (non-hydrogen) atoms. The second-order valence-corrected chi connectivity index (χ2v) is 4.96. The highest BCUT2D eigenvalue weighted by Gasteiger charge is 2.11. The lowest BCUT2D eigenvalue weighted by Gasteiger charge is -2.06. The Balaban J connectivity index is 1.95. The molecule has 3 heterocycles. The molecular weight excluding hydrogens is 290 g/mol. The average molecular weight is 303 g/mol. The molecule has 0 amide bonds. The first-order chi connectivity index (χ1) is 10.2. The van der Waals surface area contributed by atoms with E-state index in [0.29, 0.717) is 28.8 Å². The van der Waals surface area contributed by atoms with Gasteiger partial charge in [-0.05, 0) is 31.7 Å². The van der Waals surface area contributed by atoms with E-state index in [1.165, 1.54) is 11.8 Å². The first kappa shape index (κ1) is 13.5. The van der Waals surface area contributed by atoms with Crippen LogP contribution in [0.4, 0.5) is 5.95 Å². The summed E-state index contributed by atoms with van der Waals surface area (Å²) in [5.74, 6) is 1.68. The van der Waals surface area contributed by atoms with E-state index in [-0.39, 0.29) is 0 Å². The van der Waals surface area contributed by atoms with Crippen LogP contribution in [0.2, 0.25) is 0 Å². The molecule has 0 unspecified atom stereocenters. The normalized spacial score (nSPS) is 10.8. The van der Waals surface area contributed by atoms with Gasteiger partial charge in [-0.25, -0.2) is 9.67 Å². The number of rotatable bonds is 5. The van der Waals surface area contributed by atoms with Crippen molar-refractivity contribution in [2.75, 3.05) is 11.9 Å². The highest BCUT2D eigenvalue weighted by molar-refractivity contribution is 7.99. The molecule has 0 bridgehead atoms. The van der Waals surface area contributed by atoms with Crippen LogP contribution in [0.3, 0.4) is 0 Å². The van der Waals surface area contributed by atoms with Gasteiger partial charge in [0, 0.05) is 18.9 Å². The smallest absolute Gasteiger partial charge is 0.256 e. The number of nitrogens with zero attached hydrogens (tertiary/aromatic N) is 7. The minimum Gasteiger partial charge on any atom is -0.354 e. The maximum absolute atomic E-state index is 4.37. The van der Waals surface area contributed by atoms with E-state index in [4.69, 9.17) is 0 Å². The van der Waals surface area contributed by atoms with Gasteiger partial charge in [0.2, 0.25) is 16.3 Å². The zero-order valence-electron chi connectivity index (χ0n) is 11.5. The van der Waals surface area contributed by atoms with Crippen LogP contribution in [0, 0.1) is 6.92 Å². The number of H-pyrrole nitrogens is 1. The van der Waals surface area contributed by atoms with Gasteiger partial charge in [-0.3, -0.25) is 5.10 Å². The second-order valence-electron chi connectivity index (χ2n) is 4.03. The monoisotopic (exact) mass is 303 g/mol. The van der Waals surface area contributed by atoms with Crippen molar-refractivity contribution in [2.24, 2.45) is 0 Å². The van der Waals surface area contributed by atoms with Gasteiger partial charge in [-0.15, -0.1) is 5.10 Å². The fourth-order valence-corrected chi connectivity index (χ4v) is 2.26. The molecule has 2 N–H and O–H groups in total. The van der Waals surface area contributed by atoms with Crippen molar-refractivity contribution in [3.05, 3.63) is 24.3 Å². The van der Waals surface area contributed by atoms with E-state index in [9.17, 15) is 0 Å². The van der Waals surface area contributed by atoms with Crippen molar-refractivity contribution in [3.8, 4) is 5.95 Å². The highest BCUT2D eigenvalue weighted by atomic mass is 32.2. The quantitative estimate of drug-likeness (QED) is 0.720. The number of hydrogen-bond acceptors (Lipinski definition) is 8. The Kier molecular flexibility index (Phi) is 3.77. The van der Waals surface area contributed by atoms with E-state index in [1.807, 2.05) is 19.9 Å². The fourth-order valence-electron chi connectivity index (χ4n) is 1.57. The fraction of sp³-hybridized carbons (Fsp3) is 0.273. The van der Waals surface area contributed by atoms with Crippen molar-refractivity contribution < 1.29 is 0 Å². The molecule has 0 aliphatic carbocycles. The van der Waals surface area contributed by atoms with Crippen molar-refractivity contribution in [2.45, 2.75) is 24.2 Å². The summed E-state index contributed by atoms with van der Waals surface area (Å²) in [5, 5.41) is 15.1. The third-order valence-corrected chi connectivity index (χ3v) is 3.14. The summed E-state index contributed by atoms with van der Waals surface area (Å²) in [7, 11) is 0. The molecule has 0 spiro atoms. The van der Waals surface area contributed by atoms with Crippen LogP contribution in [0.5, 0.6) is 0 Å². The first-order valence-corrected chi connectivity index (χ1v) is 7.13. The van der Waals surface area contributed by atoms with Crippen LogP contribution in [-0.4, -0.2) is 46.5 Å². The van der Waals surface area contributed by atoms with Gasteiger partial charge in [0.05, 0.1) is 0 Å². The Morgan fingerprint density at radius 2 is 2.14 bits per heavy atom. The third kappa shape index (κ3) is 3.16. The summed E-state index contributed by atoms with van der Waals surface area (Å²) in [6, 6.07) is 1.81. The van der Waals surface area contributed by atoms with Gasteiger partial charge >= 0.3 is 0 Å². The lowest BCUT2D eigenvalue weighted by molar-refractivity contribution is 0.759. The minimum atomic E-state index is 0.445. The number of aromatic nitrogens is 8. The number of hydrogen-bond donors (Lipinski definition) is 2. The second kappa shape index (κ2) is 5.87. The van der Waals surface area contributed by atoms with Crippen molar-refractivity contribution in [3.63, 3.8) is 0 Å². The molecule has 3 rings (SSSR count). The van der Waals surface area contributed by atoms with Crippen molar-refractivity contribution in [1.82, 2.24) is 39.9 Å². The Bertz CT molecular complexity index is 721. The van der Waals surface area contributed by atoms with Crippen molar-refractivity contribution >= 4 is 17.7 Å². The summed E-state index contributed by atoms with van der Waals surface area (Å²) in [6.45, 7) is 4.53. The van der Waals surface area contributed by atoms with Crippen molar-refractivity contribution in [1.29, 1.82) is 0 Å². The standard InChI is InChI=1S/C11H13N9S/c1-3-12-8-15-9(20-6-4-5-13-20)17-10(16-8)21-11-14-7(2)18-19-11/h4-6H,3H2,1-2H3,(H,14,18,19)(H,12,15,16,17). The lowest BCUT2D eigenvalue weighted by atomic mass is 10.7. The van der Waals surface area contributed by atoms with E-state index in [0.717, 1.165) is 5.82 Å². The zero-order valence-corrected chi connectivity index (χ0v) is 12.3. The molecule has 0 saturated heterocycles. The van der Waals surface area contributed by atoms with E-state index >= 15 is 0 Å². The molecule has 0 radical (unpaired) electrons. The summed E-state index contributed by atoms with van der Waals surface area (Å²) >= 11 is 1.26.